The van der Waals surface area contributed by atoms with Gasteiger partial charge in [-0.25, -0.2) is 0 Å². The molecule has 0 N–H and O–H groups in total. The molecule has 2 aliphatic heterocycles. The van der Waals surface area contributed by atoms with Crippen LogP contribution in [-0.2, 0) is 4.79 Å². The van der Waals surface area contributed by atoms with Crippen molar-refractivity contribution in [2.24, 2.45) is 10.8 Å². The molecular weight excluding hydrogens is 382 g/mol. The van der Waals surface area contributed by atoms with Crippen LogP contribution in [0.5, 0.6) is 0 Å². The molecule has 162 valence electrons. The van der Waals surface area contributed by atoms with Gasteiger partial charge in [-0.2, -0.15) is 0 Å². The molecule has 1 aromatic carbocycles. The maximum absolute atomic E-state index is 12.7. The van der Waals surface area contributed by atoms with E-state index in [9.17, 15) is 4.79 Å². The van der Waals surface area contributed by atoms with Crippen molar-refractivity contribution >= 4 is 23.2 Å². The third kappa shape index (κ3) is 6.62. The first kappa shape index (κ1) is 22.4. The molecule has 5 heteroatoms. The van der Waals surface area contributed by atoms with Gasteiger partial charge in [-0.05, 0) is 54.8 Å². The zero-order chi connectivity index (χ0) is 21.1. The second kappa shape index (κ2) is 9.26. The average Bonchev–Trinajstić information content (AvgIpc) is 2.71. The molecule has 3 rings (SSSR count). The standard InChI is InChI=1S/C24H38ClN3O/c1-23(2)17-22(29)28(19-24(3,4)18-23)11-6-5-10-26-12-14-27(15-13-26)21-9-7-8-20(25)16-21/h7-9,16H,5-6,10-15,17-19H2,1-4H3. The number of carbonyl (C=O) groups excluding carboxylic acids is 1. The lowest BCUT2D eigenvalue weighted by Crippen LogP contribution is -2.46. The third-order valence-electron chi connectivity index (χ3n) is 6.26. The minimum Gasteiger partial charge on any atom is -0.369 e. The predicted octanol–water partition coefficient (Wildman–Crippen LogP) is 4.92. The number of piperazine rings is 1. The summed E-state index contributed by atoms with van der Waals surface area (Å²) in [5.41, 5.74) is 1.53. The molecule has 4 nitrogen and oxygen atoms in total. The van der Waals surface area contributed by atoms with Crippen molar-refractivity contribution in [2.45, 2.75) is 53.4 Å². The van der Waals surface area contributed by atoms with E-state index in [1.807, 2.05) is 12.1 Å². The van der Waals surface area contributed by atoms with Crippen LogP contribution >= 0.6 is 11.6 Å². The molecule has 1 amide bonds. The third-order valence-corrected chi connectivity index (χ3v) is 6.49. The largest absolute Gasteiger partial charge is 0.369 e. The van der Waals surface area contributed by atoms with Gasteiger partial charge in [0.1, 0.15) is 0 Å². The van der Waals surface area contributed by atoms with Crippen LogP contribution in [0.3, 0.4) is 0 Å². The number of amides is 1. The topological polar surface area (TPSA) is 26.8 Å². The summed E-state index contributed by atoms with van der Waals surface area (Å²) in [6.07, 6.45) is 4.04. The molecule has 0 unspecified atom stereocenters. The fraction of sp³-hybridized carbons (Fsp3) is 0.708. The molecule has 0 bridgehead atoms. The van der Waals surface area contributed by atoms with Crippen molar-refractivity contribution in [2.75, 3.05) is 50.7 Å². The quantitative estimate of drug-likeness (QED) is 0.612. The number of halogens is 1. The van der Waals surface area contributed by atoms with Crippen molar-refractivity contribution in [1.82, 2.24) is 9.80 Å². The van der Waals surface area contributed by atoms with Crippen molar-refractivity contribution in [1.29, 1.82) is 0 Å². The first-order chi connectivity index (χ1) is 13.6. The SMILES string of the molecule is CC1(C)CC(=O)N(CCCCN2CCN(c3cccc(Cl)c3)CC2)CC(C)(C)C1. The van der Waals surface area contributed by atoms with Crippen LogP contribution in [0.15, 0.2) is 24.3 Å². The molecule has 0 aliphatic carbocycles. The fourth-order valence-electron chi connectivity index (χ4n) is 5.28. The monoisotopic (exact) mass is 419 g/mol. The number of rotatable bonds is 6. The summed E-state index contributed by atoms with van der Waals surface area (Å²) in [5, 5.41) is 0.805. The summed E-state index contributed by atoms with van der Waals surface area (Å²) >= 11 is 6.13. The van der Waals surface area contributed by atoms with E-state index in [-0.39, 0.29) is 10.8 Å². The van der Waals surface area contributed by atoms with Crippen molar-refractivity contribution in [3.63, 3.8) is 0 Å². The second-order valence-electron chi connectivity index (χ2n) is 10.5. The summed E-state index contributed by atoms with van der Waals surface area (Å²) in [7, 11) is 0. The average molecular weight is 420 g/mol. The van der Waals surface area contributed by atoms with E-state index in [0.29, 0.717) is 12.3 Å². The summed E-state index contributed by atoms with van der Waals surface area (Å²) in [4.78, 5) is 19.8. The van der Waals surface area contributed by atoms with E-state index in [0.717, 1.165) is 70.1 Å². The Bertz CT molecular complexity index is 695. The number of carbonyl (C=O) groups is 1. The highest BCUT2D eigenvalue weighted by Crippen LogP contribution is 2.40. The van der Waals surface area contributed by atoms with Gasteiger partial charge in [0.25, 0.3) is 0 Å². The van der Waals surface area contributed by atoms with Crippen LogP contribution < -0.4 is 4.90 Å². The first-order valence-electron chi connectivity index (χ1n) is 11.1. The van der Waals surface area contributed by atoms with E-state index in [1.165, 1.54) is 5.69 Å². The minimum absolute atomic E-state index is 0.109. The van der Waals surface area contributed by atoms with Crippen LogP contribution in [-0.4, -0.2) is 61.5 Å². The normalized spacial score (nSPS) is 22.6. The van der Waals surface area contributed by atoms with Crippen LogP contribution in [0.1, 0.15) is 53.4 Å². The number of likely N-dealkylation sites (tertiary alicyclic amines) is 1. The van der Waals surface area contributed by atoms with Crippen molar-refractivity contribution < 1.29 is 4.79 Å². The molecule has 1 aromatic rings. The summed E-state index contributed by atoms with van der Waals surface area (Å²) in [6.45, 7) is 16.3. The van der Waals surface area contributed by atoms with Crippen molar-refractivity contribution in [3.8, 4) is 0 Å². The van der Waals surface area contributed by atoms with Gasteiger partial charge in [0.2, 0.25) is 5.91 Å². The van der Waals surface area contributed by atoms with Gasteiger partial charge in [-0.15, -0.1) is 0 Å². The molecular formula is C24H38ClN3O. The fourth-order valence-corrected chi connectivity index (χ4v) is 5.47. The number of hydrogen-bond acceptors (Lipinski definition) is 3. The van der Waals surface area contributed by atoms with E-state index >= 15 is 0 Å². The number of unbranched alkanes of at least 4 members (excludes halogenated alkanes) is 1. The Morgan fingerprint density at radius 1 is 0.966 bits per heavy atom. The van der Waals surface area contributed by atoms with Gasteiger partial charge >= 0.3 is 0 Å². The number of benzene rings is 1. The Labute approximate surface area is 182 Å². The molecule has 0 atom stereocenters. The van der Waals surface area contributed by atoms with Gasteiger partial charge in [0, 0.05) is 56.4 Å². The molecule has 2 saturated heterocycles. The summed E-state index contributed by atoms with van der Waals surface area (Å²) < 4.78 is 0. The van der Waals surface area contributed by atoms with Gasteiger partial charge in [-0.3, -0.25) is 9.69 Å². The lowest BCUT2D eigenvalue weighted by atomic mass is 9.74. The maximum Gasteiger partial charge on any atom is 0.223 e. The molecule has 2 heterocycles. The van der Waals surface area contributed by atoms with Gasteiger partial charge in [0.15, 0.2) is 0 Å². The van der Waals surface area contributed by atoms with E-state index in [1.54, 1.807) is 0 Å². The zero-order valence-electron chi connectivity index (χ0n) is 18.7. The highest BCUT2D eigenvalue weighted by molar-refractivity contribution is 6.30. The van der Waals surface area contributed by atoms with Crippen molar-refractivity contribution in [3.05, 3.63) is 29.3 Å². The summed E-state index contributed by atoms with van der Waals surface area (Å²) in [6, 6.07) is 8.15. The van der Waals surface area contributed by atoms with Gasteiger partial charge in [0.05, 0.1) is 0 Å². The smallest absolute Gasteiger partial charge is 0.223 e. The molecule has 2 fully saturated rings. The van der Waals surface area contributed by atoms with Crippen LogP contribution in [0.25, 0.3) is 0 Å². The Morgan fingerprint density at radius 2 is 1.66 bits per heavy atom. The van der Waals surface area contributed by atoms with Gasteiger partial charge in [-0.1, -0.05) is 45.4 Å². The Balaban J connectivity index is 1.39. The zero-order valence-corrected chi connectivity index (χ0v) is 19.5. The highest BCUT2D eigenvalue weighted by Gasteiger charge is 2.37. The molecule has 0 spiro atoms. The molecule has 0 aromatic heterocycles. The number of nitrogens with zero attached hydrogens (tertiary/aromatic N) is 3. The molecule has 0 radical (unpaired) electrons. The first-order valence-corrected chi connectivity index (χ1v) is 11.5. The highest BCUT2D eigenvalue weighted by atomic mass is 35.5. The van der Waals surface area contributed by atoms with Crippen LogP contribution in [0.4, 0.5) is 5.69 Å². The van der Waals surface area contributed by atoms with E-state index in [2.05, 4.69) is 54.5 Å². The summed E-state index contributed by atoms with van der Waals surface area (Å²) in [5.74, 6) is 0.343. The molecule has 29 heavy (non-hydrogen) atoms. The van der Waals surface area contributed by atoms with Gasteiger partial charge < -0.3 is 9.80 Å². The lowest BCUT2D eigenvalue weighted by Gasteiger charge is -2.36. The number of hydrogen-bond donors (Lipinski definition) is 0. The Morgan fingerprint density at radius 3 is 2.34 bits per heavy atom. The Kier molecular flexibility index (Phi) is 7.16. The van der Waals surface area contributed by atoms with Crippen LogP contribution in [0.2, 0.25) is 5.02 Å². The van der Waals surface area contributed by atoms with E-state index < -0.39 is 0 Å². The maximum atomic E-state index is 12.7. The second-order valence-corrected chi connectivity index (χ2v) is 10.9. The number of anilines is 1. The minimum atomic E-state index is 0.109. The lowest BCUT2D eigenvalue weighted by molar-refractivity contribution is -0.132. The Hall–Kier alpha value is -1.26. The predicted molar refractivity (Wildman–Crippen MR) is 123 cm³/mol. The molecule has 2 aliphatic rings. The van der Waals surface area contributed by atoms with E-state index in [4.69, 9.17) is 11.6 Å². The molecule has 0 saturated carbocycles. The van der Waals surface area contributed by atoms with Crippen LogP contribution in [0, 0.1) is 10.8 Å².